The van der Waals surface area contributed by atoms with Gasteiger partial charge in [-0.05, 0) is 31.2 Å². The molecule has 0 unspecified atom stereocenters. The fourth-order valence-corrected chi connectivity index (χ4v) is 1.49. The predicted molar refractivity (Wildman–Crippen MR) is 63.3 cm³/mol. The molecule has 0 atom stereocenters. The van der Waals surface area contributed by atoms with Crippen molar-refractivity contribution >= 4 is 11.5 Å². The summed E-state index contributed by atoms with van der Waals surface area (Å²) in [6.07, 6.45) is 0. The van der Waals surface area contributed by atoms with Crippen molar-refractivity contribution < 1.29 is 13.2 Å². The van der Waals surface area contributed by atoms with Gasteiger partial charge in [-0.25, -0.2) is 18.2 Å². The van der Waals surface area contributed by atoms with Gasteiger partial charge in [-0.3, -0.25) is 0 Å². The number of nitrogens with zero attached hydrogens (tertiary/aromatic N) is 2. The Morgan fingerprint density at radius 2 is 1.84 bits per heavy atom. The Bertz CT molecular complexity index is 678. The first kappa shape index (κ1) is 12.9. The van der Waals surface area contributed by atoms with Gasteiger partial charge in [-0.2, -0.15) is 5.26 Å². The highest BCUT2D eigenvalue weighted by Crippen LogP contribution is 2.24. The summed E-state index contributed by atoms with van der Waals surface area (Å²) < 4.78 is 39.4. The summed E-state index contributed by atoms with van der Waals surface area (Å²) in [5, 5.41) is 11.4. The maximum absolute atomic E-state index is 13.5. The minimum atomic E-state index is -1.57. The zero-order valence-corrected chi connectivity index (χ0v) is 9.84. The van der Waals surface area contributed by atoms with Crippen LogP contribution in [0.2, 0.25) is 0 Å². The van der Waals surface area contributed by atoms with Crippen molar-refractivity contribution in [3.63, 3.8) is 0 Å². The molecule has 0 saturated heterocycles. The van der Waals surface area contributed by atoms with Crippen molar-refractivity contribution in [1.82, 2.24) is 4.98 Å². The van der Waals surface area contributed by atoms with Gasteiger partial charge in [0, 0.05) is 5.69 Å². The van der Waals surface area contributed by atoms with E-state index in [1.54, 1.807) is 13.0 Å². The molecule has 0 radical (unpaired) electrons. The van der Waals surface area contributed by atoms with E-state index in [0.29, 0.717) is 5.69 Å². The molecule has 0 spiro atoms. The molecule has 2 aromatic rings. The molecule has 96 valence electrons. The van der Waals surface area contributed by atoms with Crippen LogP contribution in [0.1, 0.15) is 11.3 Å². The number of aromatic nitrogens is 1. The van der Waals surface area contributed by atoms with E-state index >= 15 is 0 Å². The molecule has 0 amide bonds. The Morgan fingerprint density at radius 1 is 1.11 bits per heavy atom. The van der Waals surface area contributed by atoms with Gasteiger partial charge in [0.15, 0.2) is 17.5 Å². The molecule has 0 aliphatic carbocycles. The average molecular weight is 263 g/mol. The number of aryl methyl sites for hydroxylation is 1. The lowest BCUT2D eigenvalue weighted by atomic mass is 10.2. The lowest BCUT2D eigenvalue weighted by molar-refractivity contribution is 0.449. The first-order valence-corrected chi connectivity index (χ1v) is 5.31. The first-order valence-electron chi connectivity index (χ1n) is 5.31. The van der Waals surface area contributed by atoms with Crippen molar-refractivity contribution in [3.8, 4) is 6.07 Å². The van der Waals surface area contributed by atoms with Gasteiger partial charge in [-0.15, -0.1) is 0 Å². The highest BCUT2D eigenvalue weighted by Gasteiger charge is 2.15. The zero-order valence-electron chi connectivity index (χ0n) is 9.84. The first-order chi connectivity index (χ1) is 9.02. The summed E-state index contributed by atoms with van der Waals surface area (Å²) >= 11 is 0. The van der Waals surface area contributed by atoms with E-state index in [2.05, 4.69) is 10.3 Å². The van der Waals surface area contributed by atoms with Crippen LogP contribution in [0.5, 0.6) is 0 Å². The standard InChI is InChI=1S/C13H8F3N3/c1-7-2-3-8(6-17)13(18-7)19-10-5-4-9(14)11(15)12(10)16/h2-5H,1H3,(H,18,19). The molecule has 1 N–H and O–H groups in total. The van der Waals surface area contributed by atoms with Crippen LogP contribution in [0.25, 0.3) is 0 Å². The van der Waals surface area contributed by atoms with E-state index < -0.39 is 17.5 Å². The number of anilines is 2. The Balaban J connectivity index is 2.45. The molecule has 0 fully saturated rings. The molecule has 19 heavy (non-hydrogen) atoms. The summed E-state index contributed by atoms with van der Waals surface area (Å²) in [4.78, 5) is 4.02. The second-order valence-electron chi connectivity index (χ2n) is 3.81. The van der Waals surface area contributed by atoms with Gasteiger partial charge in [0.05, 0.1) is 11.3 Å². The Labute approximate surface area is 107 Å². The van der Waals surface area contributed by atoms with E-state index in [1.165, 1.54) is 6.07 Å². The third-order valence-corrected chi connectivity index (χ3v) is 2.44. The van der Waals surface area contributed by atoms with Gasteiger partial charge in [-0.1, -0.05) is 0 Å². The van der Waals surface area contributed by atoms with Crippen LogP contribution >= 0.6 is 0 Å². The molecule has 6 heteroatoms. The maximum atomic E-state index is 13.5. The molecule has 0 saturated carbocycles. The molecule has 2 rings (SSSR count). The monoisotopic (exact) mass is 263 g/mol. The van der Waals surface area contributed by atoms with Crippen molar-refractivity contribution in [2.24, 2.45) is 0 Å². The SMILES string of the molecule is Cc1ccc(C#N)c(Nc2ccc(F)c(F)c2F)n1. The van der Waals surface area contributed by atoms with Crippen LogP contribution in [0.4, 0.5) is 24.7 Å². The van der Waals surface area contributed by atoms with Crippen molar-refractivity contribution in [2.45, 2.75) is 6.92 Å². The molecular formula is C13H8F3N3. The number of rotatable bonds is 2. The van der Waals surface area contributed by atoms with Crippen LogP contribution in [0, 0.1) is 35.7 Å². The van der Waals surface area contributed by atoms with Crippen LogP contribution in [-0.2, 0) is 0 Å². The number of nitrogens with one attached hydrogen (secondary N) is 1. The van der Waals surface area contributed by atoms with Crippen molar-refractivity contribution in [1.29, 1.82) is 5.26 Å². The van der Waals surface area contributed by atoms with Crippen LogP contribution in [0.15, 0.2) is 24.3 Å². The maximum Gasteiger partial charge on any atom is 0.196 e. The quantitative estimate of drug-likeness (QED) is 0.844. The Hall–Kier alpha value is -2.55. The van der Waals surface area contributed by atoms with E-state index in [0.717, 1.165) is 12.1 Å². The predicted octanol–water partition coefficient (Wildman–Crippen LogP) is 3.42. The van der Waals surface area contributed by atoms with E-state index in [9.17, 15) is 13.2 Å². The minimum Gasteiger partial charge on any atom is -0.337 e. The molecule has 0 bridgehead atoms. The molecule has 0 aliphatic rings. The second-order valence-corrected chi connectivity index (χ2v) is 3.81. The van der Waals surface area contributed by atoms with E-state index in [-0.39, 0.29) is 17.1 Å². The lowest BCUT2D eigenvalue weighted by Crippen LogP contribution is -2.02. The largest absolute Gasteiger partial charge is 0.337 e. The normalized spacial score (nSPS) is 10.1. The number of halogens is 3. The van der Waals surface area contributed by atoms with Crippen LogP contribution < -0.4 is 5.32 Å². The molecular weight excluding hydrogens is 255 g/mol. The fourth-order valence-electron chi connectivity index (χ4n) is 1.49. The summed E-state index contributed by atoms with van der Waals surface area (Å²) in [5.74, 6) is -4.11. The molecule has 1 aromatic carbocycles. The number of hydrogen-bond acceptors (Lipinski definition) is 3. The van der Waals surface area contributed by atoms with Crippen molar-refractivity contribution in [2.75, 3.05) is 5.32 Å². The summed E-state index contributed by atoms with van der Waals surface area (Å²) in [6, 6.07) is 6.83. The average Bonchev–Trinajstić information content (AvgIpc) is 2.40. The summed E-state index contributed by atoms with van der Waals surface area (Å²) in [7, 11) is 0. The highest BCUT2D eigenvalue weighted by molar-refractivity contribution is 5.63. The lowest BCUT2D eigenvalue weighted by Gasteiger charge is -2.09. The van der Waals surface area contributed by atoms with Crippen LogP contribution in [0.3, 0.4) is 0 Å². The van der Waals surface area contributed by atoms with Crippen molar-refractivity contribution in [3.05, 3.63) is 53.0 Å². The third-order valence-electron chi connectivity index (χ3n) is 2.44. The van der Waals surface area contributed by atoms with Gasteiger partial charge < -0.3 is 5.32 Å². The molecule has 3 nitrogen and oxygen atoms in total. The number of benzene rings is 1. The Kier molecular flexibility index (Phi) is 3.38. The second kappa shape index (κ2) is 4.98. The van der Waals surface area contributed by atoms with Gasteiger partial charge in [0.2, 0.25) is 0 Å². The van der Waals surface area contributed by atoms with Crippen LogP contribution in [-0.4, -0.2) is 4.98 Å². The third kappa shape index (κ3) is 2.50. The van der Waals surface area contributed by atoms with Gasteiger partial charge in [0.1, 0.15) is 11.9 Å². The minimum absolute atomic E-state index is 0.0902. The van der Waals surface area contributed by atoms with Gasteiger partial charge >= 0.3 is 0 Å². The zero-order chi connectivity index (χ0) is 14.0. The number of hydrogen-bond donors (Lipinski definition) is 1. The summed E-state index contributed by atoms with van der Waals surface area (Å²) in [6.45, 7) is 1.69. The fraction of sp³-hybridized carbons (Fsp3) is 0.0769. The Morgan fingerprint density at radius 3 is 2.53 bits per heavy atom. The smallest absolute Gasteiger partial charge is 0.196 e. The van der Waals surface area contributed by atoms with Gasteiger partial charge in [0.25, 0.3) is 0 Å². The highest BCUT2D eigenvalue weighted by atomic mass is 19.2. The number of pyridine rings is 1. The molecule has 1 aromatic heterocycles. The summed E-state index contributed by atoms with van der Waals surface area (Å²) in [5.41, 5.74) is 0.493. The topological polar surface area (TPSA) is 48.7 Å². The van der Waals surface area contributed by atoms with E-state index in [4.69, 9.17) is 5.26 Å². The molecule has 0 aliphatic heterocycles. The molecule has 1 heterocycles. The number of nitriles is 1. The van der Waals surface area contributed by atoms with E-state index in [1.807, 2.05) is 6.07 Å².